The summed E-state index contributed by atoms with van der Waals surface area (Å²) >= 11 is 0. The van der Waals surface area contributed by atoms with Crippen LogP contribution in [0.15, 0.2) is 66.9 Å². The van der Waals surface area contributed by atoms with E-state index in [0.29, 0.717) is 34.8 Å². The second kappa shape index (κ2) is 10.9. The smallest absolute Gasteiger partial charge is 0.321 e. The Hall–Kier alpha value is -4.08. The minimum atomic E-state index is -3.60. The van der Waals surface area contributed by atoms with Gasteiger partial charge < -0.3 is 14.8 Å². The first-order chi connectivity index (χ1) is 17.1. The fourth-order valence-corrected chi connectivity index (χ4v) is 3.75. The summed E-state index contributed by atoms with van der Waals surface area (Å²) in [4.78, 5) is 11.9. The third-order valence-corrected chi connectivity index (χ3v) is 5.59. The quantitative estimate of drug-likeness (QED) is 0.282. The molecule has 1 heterocycles. The largest absolute Gasteiger partial charge is 0.494 e. The van der Waals surface area contributed by atoms with Crippen LogP contribution in [-0.2, 0) is 4.79 Å². The van der Waals surface area contributed by atoms with Crippen molar-refractivity contribution in [3.8, 4) is 17.2 Å². The summed E-state index contributed by atoms with van der Waals surface area (Å²) < 4.78 is 67.4. The van der Waals surface area contributed by atoms with E-state index in [1.165, 1.54) is 44.4 Å². The van der Waals surface area contributed by atoms with Gasteiger partial charge in [-0.2, -0.15) is 13.9 Å². The molecule has 3 aromatic carbocycles. The van der Waals surface area contributed by atoms with Gasteiger partial charge in [-0.25, -0.2) is 13.5 Å². The van der Waals surface area contributed by atoms with Crippen LogP contribution >= 0.6 is 0 Å². The molecule has 0 aliphatic heterocycles. The van der Waals surface area contributed by atoms with Gasteiger partial charge in [0.05, 0.1) is 30.6 Å². The lowest BCUT2D eigenvalue weighted by Gasteiger charge is -2.27. The highest BCUT2D eigenvalue weighted by atomic mass is 19.3. The SMILES string of the molecule is C.COc1ccc([C@@H](Oc2ccc3c(cnn3-c3ccc(F)cc3)c2)[C@H](C)NC(=O)C(C)(F)F)cc1F. The zero-order chi connectivity index (χ0) is 26.0. The number of halogens is 4. The Morgan fingerprint density at radius 1 is 1.05 bits per heavy atom. The van der Waals surface area contributed by atoms with E-state index in [2.05, 4.69) is 10.4 Å². The van der Waals surface area contributed by atoms with Gasteiger partial charge in [0.15, 0.2) is 11.6 Å². The number of fused-ring (bicyclic) bond motifs is 1. The molecule has 0 aliphatic carbocycles. The predicted octanol–water partition coefficient (Wildman–Crippen LogP) is 6.23. The fraction of sp³-hybridized carbons (Fsp3) is 0.259. The topological polar surface area (TPSA) is 65.4 Å². The third kappa shape index (κ3) is 6.02. The van der Waals surface area contributed by atoms with Crippen LogP contribution < -0.4 is 14.8 Å². The van der Waals surface area contributed by atoms with E-state index in [4.69, 9.17) is 9.47 Å². The molecule has 37 heavy (non-hydrogen) atoms. The number of alkyl halides is 2. The molecule has 0 bridgehead atoms. The standard InChI is InChI=1S/C26H23F4N3O3.CH4/c1-15(32-25(34)26(2,29)30)24(16-4-11-23(35-3)21(28)13-16)36-20-9-10-22-17(12-20)14-31-33(22)19-7-5-18(27)6-8-19;/h4-15,24H,1-3H3,(H,32,34);1H4/t15-,24-;/m0./s1. The number of methoxy groups -OCH3 is 1. The minimum Gasteiger partial charge on any atom is -0.494 e. The Bertz CT molecular complexity index is 1380. The first-order valence-corrected chi connectivity index (χ1v) is 11.0. The minimum absolute atomic E-state index is 0. The van der Waals surface area contributed by atoms with E-state index in [1.807, 2.05) is 0 Å². The van der Waals surface area contributed by atoms with Crippen LogP contribution in [-0.4, -0.2) is 34.8 Å². The highest BCUT2D eigenvalue weighted by Crippen LogP contribution is 2.31. The Morgan fingerprint density at radius 3 is 2.38 bits per heavy atom. The maximum absolute atomic E-state index is 14.4. The molecule has 4 rings (SSSR count). The number of carbonyl (C=O) groups excluding carboxylic acids is 1. The summed E-state index contributed by atoms with van der Waals surface area (Å²) in [5.41, 5.74) is 1.68. The van der Waals surface area contributed by atoms with Crippen LogP contribution in [0, 0.1) is 11.6 Å². The van der Waals surface area contributed by atoms with E-state index in [1.54, 1.807) is 41.2 Å². The van der Waals surface area contributed by atoms with Gasteiger partial charge in [0.25, 0.3) is 5.91 Å². The van der Waals surface area contributed by atoms with E-state index in [-0.39, 0.29) is 19.0 Å². The molecule has 1 aromatic heterocycles. The van der Waals surface area contributed by atoms with E-state index < -0.39 is 29.8 Å². The number of hydrogen-bond acceptors (Lipinski definition) is 4. The molecule has 6 nitrogen and oxygen atoms in total. The molecule has 0 aliphatic rings. The van der Waals surface area contributed by atoms with Crippen molar-refractivity contribution in [2.24, 2.45) is 0 Å². The summed E-state index contributed by atoms with van der Waals surface area (Å²) in [5.74, 6) is -5.77. The van der Waals surface area contributed by atoms with E-state index >= 15 is 0 Å². The van der Waals surface area contributed by atoms with Gasteiger partial charge >= 0.3 is 5.92 Å². The molecule has 0 fully saturated rings. The average molecular weight is 518 g/mol. The number of rotatable bonds is 8. The first-order valence-electron chi connectivity index (χ1n) is 11.0. The Kier molecular flexibility index (Phi) is 8.10. The van der Waals surface area contributed by atoms with Crippen molar-refractivity contribution in [2.75, 3.05) is 7.11 Å². The van der Waals surface area contributed by atoms with Gasteiger partial charge in [-0.3, -0.25) is 4.79 Å². The van der Waals surface area contributed by atoms with Crippen molar-refractivity contribution >= 4 is 16.8 Å². The fourth-order valence-electron chi connectivity index (χ4n) is 3.75. The van der Waals surface area contributed by atoms with Crippen LogP contribution in [0.4, 0.5) is 17.6 Å². The summed E-state index contributed by atoms with van der Waals surface area (Å²) in [6, 6.07) is 14.0. The highest BCUT2D eigenvalue weighted by molar-refractivity contribution is 5.83. The Balaban J connectivity index is 0.00000380. The van der Waals surface area contributed by atoms with Crippen molar-refractivity contribution < 1.29 is 31.8 Å². The van der Waals surface area contributed by atoms with Gasteiger partial charge in [-0.15, -0.1) is 0 Å². The van der Waals surface area contributed by atoms with Crippen molar-refractivity contribution in [1.82, 2.24) is 15.1 Å². The van der Waals surface area contributed by atoms with Crippen LogP contribution in [0.25, 0.3) is 16.6 Å². The lowest BCUT2D eigenvalue weighted by molar-refractivity contribution is -0.144. The average Bonchev–Trinajstić information content (AvgIpc) is 3.25. The number of ether oxygens (including phenoxy) is 2. The predicted molar refractivity (Wildman–Crippen MR) is 132 cm³/mol. The van der Waals surface area contributed by atoms with E-state index in [9.17, 15) is 22.4 Å². The van der Waals surface area contributed by atoms with Crippen molar-refractivity contribution in [3.05, 3.63) is 84.1 Å². The summed E-state index contributed by atoms with van der Waals surface area (Å²) in [6.07, 6.45) is 0.581. The summed E-state index contributed by atoms with van der Waals surface area (Å²) in [5, 5.41) is 7.27. The maximum Gasteiger partial charge on any atom is 0.321 e. The highest BCUT2D eigenvalue weighted by Gasteiger charge is 2.35. The van der Waals surface area contributed by atoms with Crippen molar-refractivity contribution in [3.63, 3.8) is 0 Å². The molecule has 10 heteroatoms. The molecule has 0 spiro atoms. The molecule has 4 aromatic rings. The van der Waals surface area contributed by atoms with Crippen molar-refractivity contribution in [1.29, 1.82) is 0 Å². The van der Waals surface area contributed by atoms with Gasteiger partial charge in [0.1, 0.15) is 17.7 Å². The van der Waals surface area contributed by atoms with Crippen LogP contribution in [0.3, 0.4) is 0 Å². The number of benzene rings is 3. The first kappa shape index (κ1) is 27.5. The maximum atomic E-state index is 14.4. The zero-order valence-corrected chi connectivity index (χ0v) is 19.6. The Morgan fingerprint density at radius 2 is 1.76 bits per heavy atom. The van der Waals surface area contributed by atoms with Crippen LogP contribution in [0.5, 0.6) is 11.5 Å². The number of nitrogens with one attached hydrogen (secondary N) is 1. The van der Waals surface area contributed by atoms with Gasteiger partial charge in [0.2, 0.25) is 0 Å². The molecule has 196 valence electrons. The zero-order valence-electron chi connectivity index (χ0n) is 19.6. The second-order valence-corrected chi connectivity index (χ2v) is 8.34. The molecular formula is C27H27F4N3O3. The molecule has 2 atom stereocenters. The number of carbonyl (C=O) groups is 1. The lowest BCUT2D eigenvalue weighted by atomic mass is 10.0. The molecule has 0 unspecified atom stereocenters. The second-order valence-electron chi connectivity index (χ2n) is 8.34. The molecule has 1 amide bonds. The monoisotopic (exact) mass is 517 g/mol. The Labute approximate surface area is 211 Å². The number of nitrogens with zero attached hydrogens (tertiary/aromatic N) is 2. The molecule has 0 saturated carbocycles. The normalized spacial score (nSPS) is 12.9. The number of hydrogen-bond donors (Lipinski definition) is 1. The lowest BCUT2D eigenvalue weighted by Crippen LogP contribution is -2.46. The summed E-state index contributed by atoms with van der Waals surface area (Å²) in [6.45, 7) is 1.98. The number of aromatic nitrogens is 2. The van der Waals surface area contributed by atoms with Crippen molar-refractivity contribution in [2.45, 2.75) is 39.3 Å². The van der Waals surface area contributed by atoms with Gasteiger partial charge in [-0.1, -0.05) is 13.5 Å². The van der Waals surface area contributed by atoms with Gasteiger partial charge in [-0.05, 0) is 67.1 Å². The summed E-state index contributed by atoms with van der Waals surface area (Å²) in [7, 11) is 1.32. The van der Waals surface area contributed by atoms with E-state index in [0.717, 1.165) is 0 Å². The van der Waals surface area contributed by atoms with Crippen LogP contribution in [0.1, 0.15) is 32.9 Å². The molecular weight excluding hydrogens is 490 g/mol. The third-order valence-electron chi connectivity index (χ3n) is 5.59. The number of amides is 1. The van der Waals surface area contributed by atoms with Gasteiger partial charge in [0, 0.05) is 12.3 Å². The molecule has 0 radical (unpaired) electrons. The molecule has 1 N–H and O–H groups in total. The van der Waals surface area contributed by atoms with Crippen LogP contribution in [0.2, 0.25) is 0 Å². The molecule has 0 saturated heterocycles.